The fourth-order valence-corrected chi connectivity index (χ4v) is 9.75. The first-order valence-corrected chi connectivity index (χ1v) is 20.1. The molecule has 56 heavy (non-hydrogen) atoms. The SMILES string of the molecule is CC1CC=C(c2ccc3ccccc3c2-c2nc(-c3ccc(-c4ccc5ccccc5c4)cc3)nc(-c3cccc4c3sc3ccccc34)n2)c2ccccc21. The third-order valence-electron chi connectivity index (χ3n) is 11.4. The Hall–Kier alpha value is -6.75. The van der Waals surface area contributed by atoms with Crippen molar-refractivity contribution in [2.45, 2.75) is 19.3 Å². The van der Waals surface area contributed by atoms with Gasteiger partial charge in [-0.05, 0) is 85.5 Å². The lowest BCUT2D eigenvalue weighted by Gasteiger charge is -2.25. The van der Waals surface area contributed by atoms with E-state index in [-0.39, 0.29) is 0 Å². The highest BCUT2D eigenvalue weighted by molar-refractivity contribution is 7.26. The predicted octanol–water partition coefficient (Wildman–Crippen LogP) is 14.2. The van der Waals surface area contributed by atoms with Crippen molar-refractivity contribution in [2.24, 2.45) is 0 Å². The first-order chi connectivity index (χ1) is 27.7. The average Bonchev–Trinajstić information content (AvgIpc) is 3.65. The van der Waals surface area contributed by atoms with E-state index in [1.807, 2.05) is 0 Å². The van der Waals surface area contributed by atoms with Gasteiger partial charge in [0, 0.05) is 36.9 Å². The fraction of sp³-hybridized carbons (Fsp3) is 0.0577. The van der Waals surface area contributed by atoms with Crippen molar-refractivity contribution >= 4 is 58.6 Å². The summed E-state index contributed by atoms with van der Waals surface area (Å²) in [7, 11) is 0. The van der Waals surface area contributed by atoms with Crippen molar-refractivity contribution in [3.63, 3.8) is 0 Å². The third-order valence-corrected chi connectivity index (χ3v) is 12.6. The van der Waals surface area contributed by atoms with Gasteiger partial charge in [-0.1, -0.05) is 165 Å². The molecule has 10 aromatic rings. The van der Waals surface area contributed by atoms with Crippen LogP contribution in [0, 0.1) is 0 Å². The van der Waals surface area contributed by atoms with Crippen LogP contribution in [0.2, 0.25) is 0 Å². The Balaban J connectivity index is 1.14. The monoisotopic (exact) mass is 733 g/mol. The molecular formula is C52H35N3S. The Morgan fingerprint density at radius 2 is 1.11 bits per heavy atom. The zero-order valence-corrected chi connectivity index (χ0v) is 31.6. The Morgan fingerprint density at radius 3 is 2.00 bits per heavy atom. The second kappa shape index (κ2) is 13.2. The molecule has 0 saturated carbocycles. The molecule has 2 heterocycles. The summed E-state index contributed by atoms with van der Waals surface area (Å²) in [6.45, 7) is 2.32. The zero-order valence-electron chi connectivity index (χ0n) is 30.8. The van der Waals surface area contributed by atoms with Crippen LogP contribution in [0.5, 0.6) is 0 Å². The lowest BCUT2D eigenvalue weighted by atomic mass is 9.80. The summed E-state index contributed by atoms with van der Waals surface area (Å²) in [5.74, 6) is 2.45. The molecule has 0 spiro atoms. The number of nitrogens with zero attached hydrogens (tertiary/aromatic N) is 3. The molecule has 1 atom stereocenters. The molecule has 1 aliphatic rings. The molecule has 0 amide bonds. The number of aromatic nitrogens is 3. The highest BCUT2D eigenvalue weighted by atomic mass is 32.1. The molecule has 1 unspecified atom stereocenters. The number of fused-ring (bicyclic) bond motifs is 6. The first kappa shape index (κ1) is 32.7. The van der Waals surface area contributed by atoms with Gasteiger partial charge in [0.05, 0.1) is 0 Å². The maximum atomic E-state index is 5.45. The van der Waals surface area contributed by atoms with Crippen molar-refractivity contribution in [3.05, 3.63) is 193 Å². The average molecular weight is 734 g/mol. The Bertz CT molecular complexity index is 3190. The van der Waals surface area contributed by atoms with E-state index in [4.69, 9.17) is 15.0 Å². The van der Waals surface area contributed by atoms with Crippen LogP contribution in [0.1, 0.15) is 36.0 Å². The summed E-state index contributed by atoms with van der Waals surface area (Å²) in [6, 6.07) is 60.9. The van der Waals surface area contributed by atoms with Crippen LogP contribution in [-0.2, 0) is 0 Å². The van der Waals surface area contributed by atoms with Crippen molar-refractivity contribution in [3.8, 4) is 45.3 Å². The quantitative estimate of drug-likeness (QED) is 0.177. The van der Waals surface area contributed by atoms with Crippen LogP contribution < -0.4 is 0 Å². The second-order valence-corrected chi connectivity index (χ2v) is 15.8. The summed E-state index contributed by atoms with van der Waals surface area (Å²) >= 11 is 1.80. The minimum atomic E-state index is 0.452. The van der Waals surface area contributed by atoms with Gasteiger partial charge in [0.2, 0.25) is 0 Å². The Morgan fingerprint density at radius 1 is 0.464 bits per heavy atom. The molecule has 0 N–H and O–H groups in total. The van der Waals surface area contributed by atoms with Crippen LogP contribution in [0.4, 0.5) is 0 Å². The number of hydrogen-bond acceptors (Lipinski definition) is 4. The molecule has 1 aliphatic carbocycles. The molecule has 3 nitrogen and oxygen atoms in total. The van der Waals surface area contributed by atoms with Crippen LogP contribution in [0.25, 0.3) is 92.6 Å². The number of hydrogen-bond donors (Lipinski definition) is 0. The van der Waals surface area contributed by atoms with Crippen molar-refractivity contribution in [1.29, 1.82) is 0 Å². The highest BCUT2D eigenvalue weighted by Gasteiger charge is 2.25. The maximum absolute atomic E-state index is 5.45. The molecule has 0 saturated heterocycles. The maximum Gasteiger partial charge on any atom is 0.165 e. The van der Waals surface area contributed by atoms with E-state index in [0.29, 0.717) is 23.4 Å². The lowest BCUT2D eigenvalue weighted by Crippen LogP contribution is -2.07. The standard InChI is InChI=1S/C52H35N3S/c1-32-21-29-42(41-16-7-6-14-39(32)41)44-30-28-35-12-4-5-15-40(35)48(44)52-54-50(36-25-22-34(23-26-36)38-27-24-33-11-2-3-13-37(33)31-38)53-51(55-52)46-19-10-18-45-43-17-8-9-20-47(43)56-49(45)46/h2-20,22-32H,21H2,1H3. The fourth-order valence-electron chi connectivity index (χ4n) is 8.54. The topological polar surface area (TPSA) is 38.7 Å². The second-order valence-electron chi connectivity index (χ2n) is 14.8. The van der Waals surface area contributed by atoms with Gasteiger partial charge in [-0.2, -0.15) is 0 Å². The summed E-state index contributed by atoms with van der Waals surface area (Å²) in [5, 5.41) is 7.21. The van der Waals surface area contributed by atoms with Crippen LogP contribution in [-0.4, -0.2) is 15.0 Å². The summed E-state index contributed by atoms with van der Waals surface area (Å²) in [4.78, 5) is 16.1. The van der Waals surface area contributed by atoms with Crippen molar-refractivity contribution in [1.82, 2.24) is 15.0 Å². The van der Waals surface area contributed by atoms with Gasteiger partial charge in [0.25, 0.3) is 0 Å². The molecule has 8 aromatic carbocycles. The number of benzene rings is 8. The smallest absolute Gasteiger partial charge is 0.165 e. The number of rotatable bonds is 5. The van der Waals surface area contributed by atoms with Gasteiger partial charge in [0.1, 0.15) is 0 Å². The molecule has 0 bridgehead atoms. The minimum absolute atomic E-state index is 0.452. The first-order valence-electron chi connectivity index (χ1n) is 19.2. The lowest BCUT2D eigenvalue weighted by molar-refractivity contribution is 0.768. The molecule has 0 radical (unpaired) electrons. The van der Waals surface area contributed by atoms with Gasteiger partial charge < -0.3 is 0 Å². The number of thiophene rings is 1. The van der Waals surface area contributed by atoms with E-state index in [1.54, 1.807) is 11.3 Å². The van der Waals surface area contributed by atoms with Gasteiger partial charge >= 0.3 is 0 Å². The molecule has 0 aliphatic heterocycles. The summed E-state index contributed by atoms with van der Waals surface area (Å²) in [5.41, 5.74) is 10.3. The molecule has 4 heteroatoms. The van der Waals surface area contributed by atoms with Crippen molar-refractivity contribution in [2.75, 3.05) is 0 Å². The van der Waals surface area contributed by atoms with E-state index in [2.05, 4.69) is 183 Å². The van der Waals surface area contributed by atoms with E-state index < -0.39 is 0 Å². The number of allylic oxidation sites excluding steroid dienone is 1. The molecule has 11 rings (SSSR count). The molecule has 264 valence electrons. The van der Waals surface area contributed by atoms with E-state index >= 15 is 0 Å². The summed E-state index contributed by atoms with van der Waals surface area (Å²) < 4.78 is 2.43. The normalized spacial score (nSPS) is 14.0. The molecule has 0 fully saturated rings. The predicted molar refractivity (Wildman–Crippen MR) is 236 cm³/mol. The summed E-state index contributed by atoms with van der Waals surface area (Å²) in [6.07, 6.45) is 3.39. The largest absolute Gasteiger partial charge is 0.208 e. The third kappa shape index (κ3) is 5.44. The van der Waals surface area contributed by atoms with Crippen LogP contribution in [0.15, 0.2) is 176 Å². The zero-order chi connectivity index (χ0) is 37.2. The van der Waals surface area contributed by atoms with Gasteiger partial charge in [-0.25, -0.2) is 15.0 Å². The highest BCUT2D eigenvalue weighted by Crippen LogP contribution is 2.44. The van der Waals surface area contributed by atoms with Gasteiger partial charge in [-0.3, -0.25) is 0 Å². The van der Waals surface area contributed by atoms with E-state index in [9.17, 15) is 0 Å². The van der Waals surface area contributed by atoms with Crippen LogP contribution in [0.3, 0.4) is 0 Å². The van der Waals surface area contributed by atoms with E-state index in [1.165, 1.54) is 53.2 Å². The molecule has 2 aromatic heterocycles. The Labute approximate surface area is 329 Å². The van der Waals surface area contributed by atoms with Crippen molar-refractivity contribution < 1.29 is 0 Å². The molecular weight excluding hydrogens is 699 g/mol. The Kier molecular flexibility index (Phi) is 7.71. The van der Waals surface area contributed by atoms with Gasteiger partial charge in [-0.15, -0.1) is 11.3 Å². The van der Waals surface area contributed by atoms with Crippen LogP contribution >= 0.6 is 11.3 Å². The minimum Gasteiger partial charge on any atom is -0.208 e. The van der Waals surface area contributed by atoms with E-state index in [0.717, 1.165) is 45.0 Å². The van der Waals surface area contributed by atoms with Gasteiger partial charge in [0.15, 0.2) is 17.5 Å².